The highest BCUT2D eigenvalue weighted by Gasteiger charge is 2.23. The Morgan fingerprint density at radius 2 is 1.67 bits per heavy atom. The molecule has 5 nitrogen and oxygen atoms in total. The molecule has 0 spiro atoms. The largest absolute Gasteiger partial charge is 0.351 e. The zero-order chi connectivity index (χ0) is 19.2. The smallest absolute Gasteiger partial charge is 0.255 e. The fraction of sp³-hybridized carbons (Fsp3) is 0.300. The SMILES string of the molecule is O=C(NCCN1CCN(C(=O)c2ccccc2I)CC1)c1ccc(F)cc1. The number of nitrogens with zero attached hydrogens (tertiary/aromatic N) is 2. The molecule has 0 radical (unpaired) electrons. The minimum atomic E-state index is -0.357. The lowest BCUT2D eigenvalue weighted by Gasteiger charge is -2.34. The summed E-state index contributed by atoms with van der Waals surface area (Å²) in [6.45, 7) is 4.15. The van der Waals surface area contributed by atoms with Crippen LogP contribution in [-0.2, 0) is 0 Å². The fourth-order valence-electron chi connectivity index (χ4n) is 3.01. The topological polar surface area (TPSA) is 52.7 Å². The Hall–Kier alpha value is -2.00. The van der Waals surface area contributed by atoms with Gasteiger partial charge in [-0.05, 0) is 59.0 Å². The normalized spacial score (nSPS) is 14.8. The van der Waals surface area contributed by atoms with Gasteiger partial charge in [0.15, 0.2) is 0 Å². The summed E-state index contributed by atoms with van der Waals surface area (Å²) in [6, 6.07) is 13.1. The predicted molar refractivity (Wildman–Crippen MR) is 110 cm³/mol. The van der Waals surface area contributed by atoms with Gasteiger partial charge in [-0.25, -0.2) is 4.39 Å². The molecule has 1 heterocycles. The molecule has 2 amide bonds. The van der Waals surface area contributed by atoms with Gasteiger partial charge in [-0.1, -0.05) is 12.1 Å². The first-order valence-corrected chi connectivity index (χ1v) is 9.92. The number of hydrogen-bond donors (Lipinski definition) is 1. The van der Waals surface area contributed by atoms with Crippen LogP contribution in [0.1, 0.15) is 20.7 Å². The molecule has 2 aromatic carbocycles. The molecule has 0 unspecified atom stereocenters. The molecule has 2 aromatic rings. The van der Waals surface area contributed by atoms with Crippen molar-refractivity contribution < 1.29 is 14.0 Å². The van der Waals surface area contributed by atoms with Gasteiger partial charge in [0, 0.05) is 48.4 Å². The molecule has 142 valence electrons. The second-order valence-corrected chi connectivity index (χ2v) is 7.54. The zero-order valence-electron chi connectivity index (χ0n) is 14.8. The summed E-state index contributed by atoms with van der Waals surface area (Å²) in [5, 5.41) is 2.85. The van der Waals surface area contributed by atoms with Crippen LogP contribution in [0.25, 0.3) is 0 Å². The average molecular weight is 481 g/mol. The average Bonchev–Trinajstić information content (AvgIpc) is 2.69. The summed E-state index contributed by atoms with van der Waals surface area (Å²) in [5.74, 6) is -0.490. The minimum absolute atomic E-state index is 0.0734. The van der Waals surface area contributed by atoms with E-state index in [-0.39, 0.29) is 17.6 Å². The van der Waals surface area contributed by atoms with Crippen LogP contribution < -0.4 is 5.32 Å². The van der Waals surface area contributed by atoms with E-state index in [0.29, 0.717) is 25.2 Å². The van der Waals surface area contributed by atoms with Crippen LogP contribution in [0.4, 0.5) is 4.39 Å². The number of benzene rings is 2. The van der Waals surface area contributed by atoms with Crippen LogP contribution in [0.2, 0.25) is 0 Å². The fourth-order valence-corrected chi connectivity index (χ4v) is 3.63. The van der Waals surface area contributed by atoms with Crippen molar-refractivity contribution >= 4 is 34.4 Å². The van der Waals surface area contributed by atoms with Gasteiger partial charge in [-0.2, -0.15) is 0 Å². The lowest BCUT2D eigenvalue weighted by Crippen LogP contribution is -2.50. The molecule has 1 fully saturated rings. The number of halogens is 2. The Bertz CT molecular complexity index is 805. The van der Waals surface area contributed by atoms with E-state index in [9.17, 15) is 14.0 Å². The highest BCUT2D eigenvalue weighted by molar-refractivity contribution is 14.1. The molecule has 1 saturated heterocycles. The van der Waals surface area contributed by atoms with Crippen molar-refractivity contribution in [1.82, 2.24) is 15.1 Å². The second-order valence-electron chi connectivity index (χ2n) is 6.38. The summed E-state index contributed by atoms with van der Waals surface area (Å²) in [5.41, 5.74) is 1.20. The van der Waals surface area contributed by atoms with Crippen molar-refractivity contribution in [1.29, 1.82) is 0 Å². The van der Waals surface area contributed by atoms with Crippen molar-refractivity contribution in [3.63, 3.8) is 0 Å². The molecule has 1 aliphatic heterocycles. The molecular weight excluding hydrogens is 460 g/mol. The van der Waals surface area contributed by atoms with Gasteiger partial charge < -0.3 is 10.2 Å². The van der Waals surface area contributed by atoms with Crippen LogP contribution >= 0.6 is 22.6 Å². The van der Waals surface area contributed by atoms with Gasteiger partial charge in [0.25, 0.3) is 11.8 Å². The van der Waals surface area contributed by atoms with Crippen LogP contribution in [-0.4, -0.2) is 60.9 Å². The summed E-state index contributed by atoms with van der Waals surface area (Å²) in [6.07, 6.45) is 0. The van der Waals surface area contributed by atoms with E-state index in [1.165, 1.54) is 24.3 Å². The molecule has 0 aliphatic carbocycles. The van der Waals surface area contributed by atoms with Crippen LogP contribution in [0.5, 0.6) is 0 Å². The Labute approximate surface area is 171 Å². The Balaban J connectivity index is 1.42. The molecule has 1 N–H and O–H groups in total. The summed E-state index contributed by atoms with van der Waals surface area (Å²) >= 11 is 2.19. The molecular formula is C20H21FIN3O2. The Morgan fingerprint density at radius 3 is 2.33 bits per heavy atom. The van der Waals surface area contributed by atoms with Crippen molar-refractivity contribution in [2.75, 3.05) is 39.3 Å². The zero-order valence-corrected chi connectivity index (χ0v) is 17.0. The molecule has 0 bridgehead atoms. The first-order valence-electron chi connectivity index (χ1n) is 8.84. The predicted octanol–water partition coefficient (Wildman–Crippen LogP) is 2.62. The lowest BCUT2D eigenvalue weighted by molar-refractivity contribution is 0.0637. The monoisotopic (exact) mass is 481 g/mol. The third-order valence-electron chi connectivity index (χ3n) is 4.58. The van der Waals surface area contributed by atoms with E-state index >= 15 is 0 Å². The third-order valence-corrected chi connectivity index (χ3v) is 5.52. The van der Waals surface area contributed by atoms with Crippen molar-refractivity contribution in [2.24, 2.45) is 0 Å². The van der Waals surface area contributed by atoms with Crippen molar-refractivity contribution in [3.8, 4) is 0 Å². The quantitative estimate of drug-likeness (QED) is 0.669. The first kappa shape index (κ1) is 19.8. The molecule has 27 heavy (non-hydrogen) atoms. The van der Waals surface area contributed by atoms with Crippen LogP contribution in [0.15, 0.2) is 48.5 Å². The van der Waals surface area contributed by atoms with E-state index in [1.807, 2.05) is 29.2 Å². The number of hydrogen-bond acceptors (Lipinski definition) is 3. The second kappa shape index (κ2) is 9.27. The maximum absolute atomic E-state index is 12.9. The van der Waals surface area contributed by atoms with Gasteiger partial charge in [0.2, 0.25) is 0 Å². The molecule has 0 atom stereocenters. The summed E-state index contributed by atoms with van der Waals surface area (Å²) < 4.78 is 13.9. The Kier molecular flexibility index (Phi) is 6.78. The van der Waals surface area contributed by atoms with E-state index in [1.54, 1.807) is 0 Å². The van der Waals surface area contributed by atoms with E-state index in [2.05, 4.69) is 32.8 Å². The molecule has 0 aromatic heterocycles. The first-order chi connectivity index (χ1) is 13.0. The number of carbonyl (C=O) groups is 2. The molecule has 7 heteroatoms. The van der Waals surface area contributed by atoms with E-state index in [0.717, 1.165) is 28.8 Å². The number of amides is 2. The van der Waals surface area contributed by atoms with E-state index < -0.39 is 0 Å². The molecule has 3 rings (SSSR count). The maximum atomic E-state index is 12.9. The number of rotatable bonds is 5. The lowest BCUT2D eigenvalue weighted by atomic mass is 10.2. The molecule has 0 saturated carbocycles. The van der Waals surface area contributed by atoms with Crippen LogP contribution in [0, 0.1) is 9.39 Å². The van der Waals surface area contributed by atoms with Crippen molar-refractivity contribution in [2.45, 2.75) is 0 Å². The van der Waals surface area contributed by atoms with Gasteiger partial charge >= 0.3 is 0 Å². The van der Waals surface area contributed by atoms with E-state index in [4.69, 9.17) is 0 Å². The molecule has 1 aliphatic rings. The number of piperazine rings is 1. The minimum Gasteiger partial charge on any atom is -0.351 e. The maximum Gasteiger partial charge on any atom is 0.255 e. The summed E-state index contributed by atoms with van der Waals surface area (Å²) in [4.78, 5) is 28.8. The van der Waals surface area contributed by atoms with Gasteiger partial charge in [-0.15, -0.1) is 0 Å². The van der Waals surface area contributed by atoms with Crippen molar-refractivity contribution in [3.05, 3.63) is 69.0 Å². The van der Waals surface area contributed by atoms with Gasteiger partial charge in [0.05, 0.1) is 5.56 Å². The number of carbonyl (C=O) groups excluding carboxylic acids is 2. The van der Waals surface area contributed by atoms with Gasteiger partial charge in [-0.3, -0.25) is 14.5 Å². The highest BCUT2D eigenvalue weighted by atomic mass is 127. The standard InChI is InChI=1S/C20H21FIN3O2/c21-16-7-5-15(6-8-16)19(26)23-9-10-24-11-13-25(14-12-24)20(27)17-3-1-2-4-18(17)22/h1-8H,9-14H2,(H,23,26). The summed E-state index contributed by atoms with van der Waals surface area (Å²) in [7, 11) is 0. The third kappa shape index (κ3) is 5.26. The number of nitrogens with one attached hydrogen (secondary N) is 1. The van der Waals surface area contributed by atoms with Gasteiger partial charge in [0.1, 0.15) is 5.82 Å². The highest BCUT2D eigenvalue weighted by Crippen LogP contribution is 2.15. The van der Waals surface area contributed by atoms with Crippen LogP contribution in [0.3, 0.4) is 0 Å². The Morgan fingerprint density at radius 1 is 1.00 bits per heavy atom.